The maximum atomic E-state index is 16.0. The number of nitrogens with one attached hydrogen (secondary N) is 1. The van der Waals surface area contributed by atoms with E-state index in [0.717, 1.165) is 49.6 Å². The van der Waals surface area contributed by atoms with E-state index in [2.05, 4.69) is 39.7 Å². The molecule has 0 aromatic carbocycles. The van der Waals surface area contributed by atoms with Gasteiger partial charge in [0.05, 0.1) is 27.7 Å². The van der Waals surface area contributed by atoms with E-state index in [1.54, 1.807) is 0 Å². The maximum Gasteiger partial charge on any atom is 0.246 e. The molecule has 0 saturated heterocycles. The standard InChI is InChI=1S/C31H66FN2O2S/c1-6-8-10-12-13-14-15-16-17-18-19-20-21-23-25-28-31(32,27-24-22-11-9-7-2)37(35,36)33-29-26-30-34(3,4)5/h33H,6-30H2,1-5H3/q+1. The molecule has 0 fully saturated rings. The van der Waals surface area contributed by atoms with Crippen LogP contribution in [0.3, 0.4) is 0 Å². The van der Waals surface area contributed by atoms with Crippen molar-refractivity contribution in [1.82, 2.24) is 4.72 Å². The summed E-state index contributed by atoms with van der Waals surface area (Å²) < 4.78 is 45.3. The van der Waals surface area contributed by atoms with Crippen LogP contribution in [0.4, 0.5) is 4.39 Å². The SMILES string of the molecule is CCCCCCCCCCCCCCCCCC(F)(CCCCCCC)S(=O)(=O)NCCC[N+](C)(C)C. The highest BCUT2D eigenvalue weighted by Gasteiger charge is 2.42. The molecular formula is C31H66FN2O2S+. The summed E-state index contributed by atoms with van der Waals surface area (Å²) >= 11 is 0. The van der Waals surface area contributed by atoms with Crippen LogP contribution in [0.25, 0.3) is 0 Å². The minimum Gasteiger partial charge on any atom is -0.331 e. The molecule has 0 spiro atoms. The maximum absolute atomic E-state index is 16.0. The average molecular weight is 550 g/mol. The summed E-state index contributed by atoms with van der Waals surface area (Å²) in [4.78, 5) is 0. The first-order chi connectivity index (χ1) is 17.6. The second-order valence-corrected chi connectivity index (χ2v) is 14.5. The fourth-order valence-corrected chi connectivity index (χ4v) is 6.53. The zero-order valence-corrected chi connectivity index (χ0v) is 26.5. The highest BCUT2D eigenvalue weighted by atomic mass is 32.2. The number of alkyl halides is 1. The molecule has 0 amide bonds. The molecule has 1 unspecified atom stereocenters. The lowest BCUT2D eigenvalue weighted by molar-refractivity contribution is -0.870. The first-order valence-electron chi connectivity index (χ1n) is 16.1. The van der Waals surface area contributed by atoms with Crippen LogP contribution in [0.5, 0.6) is 0 Å². The predicted octanol–water partition coefficient (Wildman–Crippen LogP) is 9.29. The Morgan fingerprint density at radius 2 is 0.892 bits per heavy atom. The zero-order valence-electron chi connectivity index (χ0n) is 25.7. The Morgan fingerprint density at radius 3 is 1.22 bits per heavy atom. The van der Waals surface area contributed by atoms with Crippen molar-refractivity contribution in [1.29, 1.82) is 0 Å². The number of quaternary nitrogens is 1. The van der Waals surface area contributed by atoms with Gasteiger partial charge in [0.2, 0.25) is 15.0 Å². The van der Waals surface area contributed by atoms with Crippen LogP contribution in [0.1, 0.15) is 162 Å². The summed E-state index contributed by atoms with van der Waals surface area (Å²) in [7, 11) is 2.28. The molecule has 0 aliphatic rings. The number of sulfonamides is 1. The van der Waals surface area contributed by atoms with Gasteiger partial charge in [-0.2, -0.15) is 0 Å². The smallest absolute Gasteiger partial charge is 0.246 e. The molecule has 0 saturated carbocycles. The second-order valence-electron chi connectivity index (χ2n) is 12.5. The fourth-order valence-electron chi connectivity index (χ4n) is 5.04. The first kappa shape index (κ1) is 36.8. The van der Waals surface area contributed by atoms with Gasteiger partial charge in [0.25, 0.3) is 0 Å². The summed E-state index contributed by atoms with van der Waals surface area (Å²) in [5, 5.41) is -2.13. The summed E-state index contributed by atoms with van der Waals surface area (Å²) in [5.74, 6) is 0. The molecule has 0 aromatic rings. The van der Waals surface area contributed by atoms with Crippen LogP contribution >= 0.6 is 0 Å². The number of rotatable bonds is 28. The Kier molecular flexibility index (Phi) is 22.5. The van der Waals surface area contributed by atoms with Crippen molar-refractivity contribution in [3.63, 3.8) is 0 Å². The van der Waals surface area contributed by atoms with Crippen LogP contribution in [0, 0.1) is 0 Å². The van der Waals surface area contributed by atoms with Crippen molar-refractivity contribution in [3.8, 4) is 0 Å². The molecule has 37 heavy (non-hydrogen) atoms. The Morgan fingerprint density at radius 1 is 0.568 bits per heavy atom. The quantitative estimate of drug-likeness (QED) is 0.0780. The minimum absolute atomic E-state index is 0.125. The van der Waals surface area contributed by atoms with Gasteiger partial charge in [0, 0.05) is 13.0 Å². The Bertz CT molecular complexity index is 607. The number of nitrogens with zero attached hydrogens (tertiary/aromatic N) is 1. The fraction of sp³-hybridized carbons (Fsp3) is 1.00. The van der Waals surface area contributed by atoms with Crippen LogP contribution in [-0.4, -0.2) is 52.1 Å². The normalized spacial score (nSPS) is 14.2. The van der Waals surface area contributed by atoms with E-state index in [9.17, 15) is 8.42 Å². The Hall–Kier alpha value is -0.200. The zero-order chi connectivity index (χ0) is 27.9. The van der Waals surface area contributed by atoms with Gasteiger partial charge < -0.3 is 4.48 Å². The number of hydrogen-bond donors (Lipinski definition) is 1. The molecule has 4 nitrogen and oxygen atoms in total. The molecule has 0 rings (SSSR count). The third-order valence-electron chi connectivity index (χ3n) is 7.59. The Balaban J connectivity index is 4.23. The summed E-state index contributed by atoms with van der Waals surface area (Å²) in [6, 6.07) is 0. The molecule has 6 heteroatoms. The van der Waals surface area contributed by atoms with Crippen molar-refractivity contribution in [2.45, 2.75) is 167 Å². The van der Waals surface area contributed by atoms with Crippen molar-refractivity contribution in [2.24, 2.45) is 0 Å². The van der Waals surface area contributed by atoms with E-state index in [-0.39, 0.29) is 12.8 Å². The van der Waals surface area contributed by atoms with Gasteiger partial charge in [-0.3, -0.25) is 0 Å². The van der Waals surface area contributed by atoms with Crippen molar-refractivity contribution < 1.29 is 17.3 Å². The van der Waals surface area contributed by atoms with E-state index >= 15 is 4.39 Å². The molecule has 224 valence electrons. The van der Waals surface area contributed by atoms with Crippen LogP contribution in [0.15, 0.2) is 0 Å². The lowest BCUT2D eigenvalue weighted by Gasteiger charge is -2.27. The van der Waals surface area contributed by atoms with E-state index < -0.39 is 15.0 Å². The monoisotopic (exact) mass is 549 g/mol. The minimum atomic E-state index is -3.98. The number of unbranched alkanes of at least 4 members (excludes halogenated alkanes) is 18. The molecule has 1 atom stereocenters. The summed E-state index contributed by atoms with van der Waals surface area (Å²) in [5.41, 5.74) is 0. The van der Waals surface area contributed by atoms with Gasteiger partial charge >= 0.3 is 0 Å². The van der Waals surface area contributed by atoms with E-state index in [1.165, 1.54) is 77.0 Å². The lowest BCUT2D eigenvalue weighted by Crippen LogP contribution is -2.44. The van der Waals surface area contributed by atoms with Crippen molar-refractivity contribution in [3.05, 3.63) is 0 Å². The molecule has 0 aliphatic heterocycles. The lowest BCUT2D eigenvalue weighted by atomic mass is 10.0. The Labute approximate surface area is 232 Å². The van der Waals surface area contributed by atoms with Gasteiger partial charge in [-0.15, -0.1) is 0 Å². The van der Waals surface area contributed by atoms with Gasteiger partial charge in [-0.25, -0.2) is 17.5 Å². The molecule has 0 heterocycles. The molecule has 1 N–H and O–H groups in total. The first-order valence-corrected chi connectivity index (χ1v) is 17.5. The van der Waals surface area contributed by atoms with Gasteiger partial charge in [-0.05, 0) is 25.7 Å². The second kappa shape index (κ2) is 22.6. The summed E-state index contributed by atoms with van der Waals surface area (Å²) in [6.45, 7) is 5.60. The average Bonchev–Trinajstić information content (AvgIpc) is 2.83. The molecule has 0 aliphatic carbocycles. The third kappa shape index (κ3) is 21.3. The van der Waals surface area contributed by atoms with Gasteiger partial charge in [0.1, 0.15) is 0 Å². The van der Waals surface area contributed by atoms with Gasteiger partial charge in [0.15, 0.2) is 0 Å². The van der Waals surface area contributed by atoms with Crippen molar-refractivity contribution in [2.75, 3.05) is 34.2 Å². The van der Waals surface area contributed by atoms with Crippen LogP contribution in [-0.2, 0) is 10.0 Å². The topological polar surface area (TPSA) is 46.2 Å². The molecule has 0 radical (unpaired) electrons. The van der Waals surface area contributed by atoms with E-state index in [0.29, 0.717) is 25.8 Å². The third-order valence-corrected chi connectivity index (χ3v) is 9.54. The van der Waals surface area contributed by atoms with Crippen molar-refractivity contribution >= 4 is 10.0 Å². The molecule has 0 aromatic heterocycles. The number of hydrogen-bond acceptors (Lipinski definition) is 2. The largest absolute Gasteiger partial charge is 0.331 e. The van der Waals surface area contributed by atoms with Crippen LogP contribution < -0.4 is 4.72 Å². The highest BCUT2D eigenvalue weighted by molar-refractivity contribution is 7.90. The predicted molar refractivity (Wildman–Crippen MR) is 161 cm³/mol. The number of halogens is 1. The van der Waals surface area contributed by atoms with E-state index in [4.69, 9.17) is 0 Å². The molecular weight excluding hydrogens is 483 g/mol. The highest BCUT2D eigenvalue weighted by Crippen LogP contribution is 2.32. The summed E-state index contributed by atoms with van der Waals surface area (Å²) in [6.07, 6.45) is 24.6. The molecule has 0 bridgehead atoms. The van der Waals surface area contributed by atoms with Crippen LogP contribution in [0.2, 0.25) is 0 Å². The van der Waals surface area contributed by atoms with Gasteiger partial charge in [-0.1, -0.05) is 129 Å². The van der Waals surface area contributed by atoms with E-state index in [1.807, 2.05) is 0 Å².